The quantitative estimate of drug-likeness (QED) is 0.544. The monoisotopic (exact) mass is 345 g/mol. The molecule has 1 amide bonds. The minimum Gasteiger partial charge on any atom is -0.489 e. The summed E-state index contributed by atoms with van der Waals surface area (Å²) in [6.07, 6.45) is 0. The van der Waals surface area contributed by atoms with Crippen LogP contribution in [0, 0.1) is 0 Å². The molecule has 0 saturated carbocycles. The van der Waals surface area contributed by atoms with Gasteiger partial charge in [0.05, 0.1) is 0 Å². The van der Waals surface area contributed by atoms with E-state index in [0.29, 0.717) is 22.9 Å². The molecule has 0 aliphatic carbocycles. The van der Waals surface area contributed by atoms with Gasteiger partial charge in [0.2, 0.25) is 5.82 Å². The molecule has 1 aromatic heterocycles. The first kappa shape index (κ1) is 16.0. The van der Waals surface area contributed by atoms with Gasteiger partial charge in [0.25, 0.3) is 0 Å². The van der Waals surface area contributed by atoms with E-state index in [0.717, 1.165) is 5.56 Å². The molecule has 1 heterocycles. The van der Waals surface area contributed by atoms with Crippen LogP contribution in [-0.4, -0.2) is 21.3 Å². The molecule has 3 rings (SSSR count). The van der Waals surface area contributed by atoms with E-state index < -0.39 is 5.91 Å². The number of nitrogens with one attached hydrogen (secondary N) is 1. The smallest absolute Gasteiger partial charge is 0.333 e. The lowest BCUT2D eigenvalue weighted by Crippen LogP contribution is -2.18. The molecule has 2 N–H and O–H groups in total. The molecule has 7 nitrogen and oxygen atoms in total. The molecule has 0 spiro atoms. The van der Waals surface area contributed by atoms with Crippen molar-refractivity contribution in [1.29, 1.82) is 0 Å². The number of amides is 1. The van der Waals surface area contributed by atoms with Crippen molar-refractivity contribution in [3.63, 3.8) is 0 Å². The highest BCUT2D eigenvalue weighted by Gasteiger charge is 2.15. The Bertz CT molecular complexity index is 849. The predicted octanol–water partition coefficient (Wildman–Crippen LogP) is 3.09. The van der Waals surface area contributed by atoms with Crippen LogP contribution in [0.2, 0.25) is 5.02 Å². The Labute approximate surface area is 141 Å². The first-order chi connectivity index (χ1) is 11.7. The average Bonchev–Trinajstić information content (AvgIpc) is 3.10. The van der Waals surface area contributed by atoms with Crippen LogP contribution < -0.4 is 10.2 Å². The van der Waals surface area contributed by atoms with E-state index in [4.69, 9.17) is 26.1 Å². The van der Waals surface area contributed by atoms with E-state index in [1.165, 1.54) is 5.48 Å². The molecule has 122 valence electrons. The number of rotatable bonds is 5. The van der Waals surface area contributed by atoms with E-state index in [2.05, 4.69) is 10.1 Å². The average molecular weight is 346 g/mol. The molecule has 2 aromatic carbocycles. The van der Waals surface area contributed by atoms with Crippen LogP contribution in [0.3, 0.4) is 0 Å². The first-order valence-corrected chi connectivity index (χ1v) is 7.29. The molecule has 0 atom stereocenters. The molecular formula is C16H12ClN3O4. The SMILES string of the molecule is O=C(NO)c1nc(-c2ccc(COc3cccc(Cl)c3)cc2)no1. The van der Waals surface area contributed by atoms with Gasteiger partial charge < -0.3 is 9.26 Å². The van der Waals surface area contributed by atoms with Crippen molar-refractivity contribution in [2.45, 2.75) is 6.61 Å². The van der Waals surface area contributed by atoms with Gasteiger partial charge in [-0.05, 0) is 23.8 Å². The number of hydrogen-bond acceptors (Lipinski definition) is 6. The number of halogens is 1. The summed E-state index contributed by atoms with van der Waals surface area (Å²) in [4.78, 5) is 15.1. The van der Waals surface area contributed by atoms with Crippen LogP contribution in [0.4, 0.5) is 0 Å². The highest BCUT2D eigenvalue weighted by atomic mass is 35.5. The first-order valence-electron chi connectivity index (χ1n) is 6.91. The zero-order chi connectivity index (χ0) is 16.9. The zero-order valence-corrected chi connectivity index (χ0v) is 13.0. The van der Waals surface area contributed by atoms with Crippen molar-refractivity contribution in [1.82, 2.24) is 15.6 Å². The second-order valence-corrected chi connectivity index (χ2v) is 5.24. The Morgan fingerprint density at radius 1 is 1.25 bits per heavy atom. The Morgan fingerprint density at radius 3 is 2.75 bits per heavy atom. The number of carbonyl (C=O) groups is 1. The number of aromatic nitrogens is 2. The Hall–Kier alpha value is -2.90. The van der Waals surface area contributed by atoms with Gasteiger partial charge in [-0.25, -0.2) is 5.48 Å². The van der Waals surface area contributed by atoms with Gasteiger partial charge in [-0.2, -0.15) is 4.98 Å². The number of ether oxygens (including phenoxy) is 1. The summed E-state index contributed by atoms with van der Waals surface area (Å²) >= 11 is 5.90. The van der Waals surface area contributed by atoms with Crippen molar-refractivity contribution in [3.05, 3.63) is 65.0 Å². The molecule has 0 fully saturated rings. The molecule has 8 heteroatoms. The predicted molar refractivity (Wildman–Crippen MR) is 84.8 cm³/mol. The third kappa shape index (κ3) is 3.70. The fourth-order valence-corrected chi connectivity index (χ4v) is 2.13. The van der Waals surface area contributed by atoms with Gasteiger partial charge in [0.1, 0.15) is 12.4 Å². The van der Waals surface area contributed by atoms with Gasteiger partial charge >= 0.3 is 11.8 Å². The molecule has 0 aliphatic rings. The third-order valence-electron chi connectivity index (χ3n) is 3.14. The highest BCUT2D eigenvalue weighted by Crippen LogP contribution is 2.20. The zero-order valence-electron chi connectivity index (χ0n) is 12.3. The van der Waals surface area contributed by atoms with Crippen LogP contribution in [0.15, 0.2) is 53.1 Å². The lowest BCUT2D eigenvalue weighted by Gasteiger charge is -2.06. The molecule has 0 saturated heterocycles. The van der Waals surface area contributed by atoms with Gasteiger partial charge in [-0.15, -0.1) is 0 Å². The van der Waals surface area contributed by atoms with Crippen molar-refractivity contribution >= 4 is 17.5 Å². The summed E-state index contributed by atoms with van der Waals surface area (Å²) in [7, 11) is 0. The van der Waals surface area contributed by atoms with Crippen molar-refractivity contribution < 1.29 is 19.3 Å². The topological polar surface area (TPSA) is 97.5 Å². The van der Waals surface area contributed by atoms with Crippen molar-refractivity contribution in [3.8, 4) is 17.1 Å². The molecule has 0 aliphatic heterocycles. The third-order valence-corrected chi connectivity index (χ3v) is 3.37. The van der Waals surface area contributed by atoms with Crippen LogP contribution in [-0.2, 0) is 6.61 Å². The fourth-order valence-electron chi connectivity index (χ4n) is 1.95. The van der Waals surface area contributed by atoms with Crippen LogP contribution >= 0.6 is 11.6 Å². The van der Waals surface area contributed by atoms with Crippen molar-refractivity contribution in [2.75, 3.05) is 0 Å². The number of carbonyl (C=O) groups excluding carboxylic acids is 1. The number of benzene rings is 2. The van der Waals surface area contributed by atoms with Crippen LogP contribution in [0.25, 0.3) is 11.4 Å². The number of hydroxylamine groups is 1. The minimum absolute atomic E-state index is 0.246. The molecule has 24 heavy (non-hydrogen) atoms. The molecule has 0 unspecified atom stereocenters. The summed E-state index contributed by atoms with van der Waals surface area (Å²) in [6.45, 7) is 0.380. The van der Waals surface area contributed by atoms with E-state index in [-0.39, 0.29) is 11.7 Å². The van der Waals surface area contributed by atoms with Gasteiger partial charge in [0, 0.05) is 10.6 Å². The molecule has 0 radical (unpaired) electrons. The lowest BCUT2D eigenvalue weighted by molar-refractivity contribution is 0.0659. The maximum absolute atomic E-state index is 11.2. The normalized spacial score (nSPS) is 10.4. The summed E-state index contributed by atoms with van der Waals surface area (Å²) in [5.41, 5.74) is 3.04. The summed E-state index contributed by atoms with van der Waals surface area (Å²) < 4.78 is 10.4. The maximum atomic E-state index is 11.2. The molecular weight excluding hydrogens is 334 g/mol. The summed E-state index contributed by atoms with van der Waals surface area (Å²) in [5, 5.41) is 12.8. The van der Waals surface area contributed by atoms with Gasteiger partial charge in [-0.1, -0.05) is 47.1 Å². The largest absolute Gasteiger partial charge is 0.489 e. The lowest BCUT2D eigenvalue weighted by atomic mass is 10.1. The van der Waals surface area contributed by atoms with E-state index in [1.54, 1.807) is 24.3 Å². The summed E-state index contributed by atoms with van der Waals surface area (Å²) in [5.74, 6) is -0.249. The Morgan fingerprint density at radius 2 is 2.04 bits per heavy atom. The molecule has 3 aromatic rings. The van der Waals surface area contributed by atoms with E-state index >= 15 is 0 Å². The van der Waals surface area contributed by atoms with Crippen molar-refractivity contribution in [2.24, 2.45) is 0 Å². The summed E-state index contributed by atoms with van der Waals surface area (Å²) in [6, 6.07) is 14.4. The van der Waals surface area contributed by atoms with Crippen LogP contribution in [0.5, 0.6) is 5.75 Å². The van der Waals surface area contributed by atoms with E-state index in [9.17, 15) is 4.79 Å². The molecule has 0 bridgehead atoms. The van der Waals surface area contributed by atoms with E-state index in [1.807, 2.05) is 24.3 Å². The Kier molecular flexibility index (Phi) is 4.74. The van der Waals surface area contributed by atoms with Crippen LogP contribution in [0.1, 0.15) is 16.2 Å². The Balaban J connectivity index is 1.67. The highest BCUT2D eigenvalue weighted by molar-refractivity contribution is 6.30. The maximum Gasteiger partial charge on any atom is 0.333 e. The fraction of sp³-hybridized carbons (Fsp3) is 0.0625. The number of hydrogen-bond donors (Lipinski definition) is 2. The standard InChI is InChI=1S/C16H12ClN3O4/c17-12-2-1-3-13(8-12)23-9-10-4-6-11(7-5-10)14-18-16(24-20-14)15(21)19-22/h1-8,22H,9H2,(H,19,21). The second kappa shape index (κ2) is 7.12. The van der Waals surface area contributed by atoms with Gasteiger partial charge in [-0.3, -0.25) is 10.0 Å². The second-order valence-electron chi connectivity index (χ2n) is 4.81. The number of nitrogens with zero attached hydrogens (tertiary/aromatic N) is 2. The minimum atomic E-state index is -0.861. The van der Waals surface area contributed by atoms with Gasteiger partial charge in [0.15, 0.2) is 0 Å².